The van der Waals surface area contributed by atoms with E-state index >= 15 is 0 Å². The van der Waals surface area contributed by atoms with Gasteiger partial charge in [-0.2, -0.15) is 0 Å². The third kappa shape index (κ3) is 5.30. The summed E-state index contributed by atoms with van der Waals surface area (Å²) in [5.74, 6) is -0.297. The minimum atomic E-state index is -0.813. The van der Waals surface area contributed by atoms with Crippen LogP contribution in [0.5, 0.6) is 0 Å². The van der Waals surface area contributed by atoms with Crippen molar-refractivity contribution in [3.05, 3.63) is 29.8 Å². The topological polar surface area (TPSA) is 81.4 Å². The Kier molecular flexibility index (Phi) is 6.03. The zero-order chi connectivity index (χ0) is 15.1. The Morgan fingerprint density at radius 3 is 2.35 bits per heavy atom. The SMILES string of the molecule is CC(C)CCNC(=O)C(C)OC(=O)c1ccc(N)cc1. The van der Waals surface area contributed by atoms with E-state index < -0.39 is 12.1 Å². The van der Waals surface area contributed by atoms with E-state index in [0.717, 1.165) is 6.42 Å². The highest BCUT2D eigenvalue weighted by Crippen LogP contribution is 2.08. The first-order valence-electron chi connectivity index (χ1n) is 6.74. The Morgan fingerprint density at radius 1 is 1.20 bits per heavy atom. The molecule has 1 unspecified atom stereocenters. The number of hydrogen-bond acceptors (Lipinski definition) is 4. The van der Waals surface area contributed by atoms with Gasteiger partial charge in [-0.1, -0.05) is 13.8 Å². The molecule has 1 atom stereocenters. The summed E-state index contributed by atoms with van der Waals surface area (Å²) in [5, 5.41) is 2.74. The Morgan fingerprint density at radius 2 is 1.80 bits per heavy atom. The fourth-order valence-electron chi connectivity index (χ4n) is 1.53. The maximum absolute atomic E-state index is 11.8. The van der Waals surface area contributed by atoms with Gasteiger partial charge in [0.05, 0.1) is 5.56 Å². The van der Waals surface area contributed by atoms with Crippen molar-refractivity contribution in [2.75, 3.05) is 12.3 Å². The molecular weight excluding hydrogens is 256 g/mol. The number of nitrogens with one attached hydrogen (secondary N) is 1. The van der Waals surface area contributed by atoms with Gasteiger partial charge < -0.3 is 15.8 Å². The van der Waals surface area contributed by atoms with Crippen molar-refractivity contribution in [1.29, 1.82) is 0 Å². The number of rotatable bonds is 6. The molecule has 20 heavy (non-hydrogen) atoms. The van der Waals surface area contributed by atoms with E-state index in [1.54, 1.807) is 31.2 Å². The molecule has 5 heteroatoms. The average molecular weight is 278 g/mol. The molecule has 0 saturated heterocycles. The fourth-order valence-corrected chi connectivity index (χ4v) is 1.53. The molecule has 0 aliphatic heterocycles. The summed E-state index contributed by atoms with van der Waals surface area (Å²) in [6.45, 7) is 6.30. The predicted octanol–water partition coefficient (Wildman–Crippen LogP) is 1.98. The first-order valence-corrected chi connectivity index (χ1v) is 6.74. The largest absolute Gasteiger partial charge is 0.449 e. The number of anilines is 1. The van der Waals surface area contributed by atoms with Gasteiger partial charge in [-0.3, -0.25) is 4.79 Å². The van der Waals surface area contributed by atoms with Gasteiger partial charge in [0.1, 0.15) is 0 Å². The molecule has 1 aromatic rings. The molecule has 1 rings (SSSR count). The van der Waals surface area contributed by atoms with Crippen LogP contribution in [0, 0.1) is 5.92 Å². The van der Waals surface area contributed by atoms with Crippen molar-refractivity contribution >= 4 is 17.6 Å². The molecule has 110 valence electrons. The van der Waals surface area contributed by atoms with E-state index in [1.807, 2.05) is 0 Å². The average Bonchev–Trinajstić information content (AvgIpc) is 2.38. The summed E-state index contributed by atoms with van der Waals surface area (Å²) < 4.78 is 5.10. The molecule has 0 aliphatic rings. The van der Waals surface area contributed by atoms with E-state index in [0.29, 0.717) is 23.7 Å². The van der Waals surface area contributed by atoms with Crippen molar-refractivity contribution in [1.82, 2.24) is 5.32 Å². The van der Waals surface area contributed by atoms with Crippen molar-refractivity contribution in [3.8, 4) is 0 Å². The predicted molar refractivity (Wildman–Crippen MR) is 78.2 cm³/mol. The van der Waals surface area contributed by atoms with Crippen LogP contribution < -0.4 is 11.1 Å². The lowest BCUT2D eigenvalue weighted by Gasteiger charge is -2.14. The normalized spacial score (nSPS) is 12.0. The maximum Gasteiger partial charge on any atom is 0.338 e. The summed E-state index contributed by atoms with van der Waals surface area (Å²) in [6, 6.07) is 6.37. The minimum Gasteiger partial charge on any atom is -0.449 e. The van der Waals surface area contributed by atoms with Crippen molar-refractivity contribution in [2.45, 2.75) is 33.3 Å². The van der Waals surface area contributed by atoms with Gasteiger partial charge in [-0.05, 0) is 43.5 Å². The highest BCUT2D eigenvalue weighted by molar-refractivity contribution is 5.92. The Balaban J connectivity index is 2.44. The van der Waals surface area contributed by atoms with E-state index in [1.165, 1.54) is 0 Å². The van der Waals surface area contributed by atoms with Crippen molar-refractivity contribution in [2.24, 2.45) is 5.92 Å². The van der Waals surface area contributed by atoms with Crippen LogP contribution in [0.3, 0.4) is 0 Å². The molecule has 0 spiro atoms. The first-order chi connectivity index (χ1) is 9.40. The third-order valence-electron chi connectivity index (χ3n) is 2.82. The van der Waals surface area contributed by atoms with E-state index in [9.17, 15) is 9.59 Å². The lowest BCUT2D eigenvalue weighted by atomic mass is 10.1. The standard InChI is InChI=1S/C15H22N2O3/c1-10(2)8-9-17-14(18)11(3)20-15(19)12-4-6-13(16)7-5-12/h4-7,10-11H,8-9,16H2,1-3H3,(H,17,18). The number of nitrogens with two attached hydrogens (primary N) is 1. The number of benzene rings is 1. The summed E-state index contributed by atoms with van der Waals surface area (Å²) in [5.41, 5.74) is 6.49. The van der Waals surface area contributed by atoms with Gasteiger partial charge in [0.15, 0.2) is 6.10 Å². The van der Waals surface area contributed by atoms with Crippen LogP contribution in [0.1, 0.15) is 37.6 Å². The summed E-state index contributed by atoms with van der Waals surface area (Å²) in [7, 11) is 0. The van der Waals surface area contributed by atoms with Crippen molar-refractivity contribution < 1.29 is 14.3 Å². The van der Waals surface area contributed by atoms with Gasteiger partial charge in [0.25, 0.3) is 5.91 Å². The molecule has 0 fully saturated rings. The van der Waals surface area contributed by atoms with Gasteiger partial charge in [-0.15, -0.1) is 0 Å². The highest BCUT2D eigenvalue weighted by atomic mass is 16.5. The number of carbonyl (C=O) groups is 2. The van der Waals surface area contributed by atoms with Gasteiger partial charge in [-0.25, -0.2) is 4.79 Å². The second-order valence-electron chi connectivity index (χ2n) is 5.14. The fraction of sp³-hybridized carbons (Fsp3) is 0.467. The number of nitrogen functional groups attached to an aromatic ring is 1. The Labute approximate surface area is 119 Å². The van der Waals surface area contributed by atoms with Crippen LogP contribution in [0.15, 0.2) is 24.3 Å². The smallest absolute Gasteiger partial charge is 0.338 e. The maximum atomic E-state index is 11.8. The third-order valence-corrected chi connectivity index (χ3v) is 2.82. The number of esters is 1. The van der Waals surface area contributed by atoms with Crippen LogP contribution in [-0.2, 0) is 9.53 Å². The second-order valence-corrected chi connectivity index (χ2v) is 5.14. The van der Waals surface area contributed by atoms with Gasteiger partial charge >= 0.3 is 5.97 Å². The Bertz CT molecular complexity index is 455. The van der Waals surface area contributed by atoms with Crippen LogP contribution >= 0.6 is 0 Å². The van der Waals surface area contributed by atoms with E-state index in [4.69, 9.17) is 10.5 Å². The van der Waals surface area contributed by atoms with E-state index in [-0.39, 0.29) is 5.91 Å². The zero-order valence-corrected chi connectivity index (χ0v) is 12.2. The summed E-state index contributed by atoms with van der Waals surface area (Å²) in [6.07, 6.45) is 0.0805. The van der Waals surface area contributed by atoms with Gasteiger partial charge in [0.2, 0.25) is 0 Å². The molecule has 0 saturated carbocycles. The molecule has 0 aromatic heterocycles. The Hall–Kier alpha value is -2.04. The number of carbonyl (C=O) groups excluding carboxylic acids is 2. The number of amides is 1. The number of hydrogen-bond donors (Lipinski definition) is 2. The first kappa shape index (κ1) is 16.0. The molecule has 5 nitrogen and oxygen atoms in total. The molecule has 3 N–H and O–H groups in total. The molecule has 0 radical (unpaired) electrons. The lowest BCUT2D eigenvalue weighted by molar-refractivity contribution is -0.129. The van der Waals surface area contributed by atoms with Gasteiger partial charge in [0, 0.05) is 12.2 Å². The van der Waals surface area contributed by atoms with E-state index in [2.05, 4.69) is 19.2 Å². The zero-order valence-electron chi connectivity index (χ0n) is 12.2. The molecule has 1 aromatic carbocycles. The van der Waals surface area contributed by atoms with Crippen LogP contribution in [-0.4, -0.2) is 24.5 Å². The molecule has 0 heterocycles. The highest BCUT2D eigenvalue weighted by Gasteiger charge is 2.18. The summed E-state index contributed by atoms with van der Waals surface area (Å²) in [4.78, 5) is 23.5. The molecule has 0 bridgehead atoms. The minimum absolute atomic E-state index is 0.283. The number of ether oxygens (including phenoxy) is 1. The quantitative estimate of drug-likeness (QED) is 0.616. The molecule has 1 amide bonds. The molecular formula is C15H22N2O3. The van der Waals surface area contributed by atoms with Crippen molar-refractivity contribution in [3.63, 3.8) is 0 Å². The second kappa shape index (κ2) is 7.53. The summed E-state index contributed by atoms with van der Waals surface area (Å²) >= 11 is 0. The van der Waals surface area contributed by atoms with Crippen LogP contribution in [0.25, 0.3) is 0 Å². The monoisotopic (exact) mass is 278 g/mol. The lowest BCUT2D eigenvalue weighted by Crippen LogP contribution is -2.36. The van der Waals surface area contributed by atoms with Crippen LogP contribution in [0.4, 0.5) is 5.69 Å². The van der Waals surface area contributed by atoms with Crippen LogP contribution in [0.2, 0.25) is 0 Å². The molecule has 0 aliphatic carbocycles.